The summed E-state index contributed by atoms with van der Waals surface area (Å²) in [6.45, 7) is 5.30. The smallest absolute Gasteiger partial charge is 0.228 e. The van der Waals surface area contributed by atoms with Gasteiger partial charge in [0.15, 0.2) is 0 Å². The minimum Gasteiger partial charge on any atom is -0.316 e. The van der Waals surface area contributed by atoms with Crippen molar-refractivity contribution in [1.29, 1.82) is 0 Å². The summed E-state index contributed by atoms with van der Waals surface area (Å²) in [6.07, 6.45) is 5.32. The number of halogens is 1. The molecule has 1 saturated carbocycles. The molecule has 0 N–H and O–H groups in total. The summed E-state index contributed by atoms with van der Waals surface area (Å²) in [4.78, 5) is 4.39. The van der Waals surface area contributed by atoms with Gasteiger partial charge in [-0.1, -0.05) is 37.5 Å². The molecule has 0 aliphatic heterocycles. The Morgan fingerprint density at radius 1 is 1.16 bits per heavy atom. The standard InChI is InChI=1S/C19H25FN2O2S/c1-13-14(2)22(16-9-5-4-6-10-16)19(21-13)25(23,24)15(3)17-11-7-8-12-18(17)20/h7-8,11-12,15-16H,4-6,9-10H2,1-3H3/t15-/m1/s1. The number of hydrogen-bond acceptors (Lipinski definition) is 3. The number of nitrogens with zero attached hydrogens (tertiary/aromatic N) is 2. The van der Waals surface area contributed by atoms with Crippen molar-refractivity contribution in [2.24, 2.45) is 0 Å². The Hall–Kier alpha value is -1.69. The molecule has 25 heavy (non-hydrogen) atoms. The van der Waals surface area contributed by atoms with E-state index in [4.69, 9.17) is 0 Å². The van der Waals surface area contributed by atoms with E-state index < -0.39 is 20.9 Å². The minimum absolute atomic E-state index is 0.0881. The molecule has 0 spiro atoms. The normalized spacial score (nSPS) is 17.6. The molecule has 4 nitrogen and oxygen atoms in total. The van der Waals surface area contributed by atoms with Crippen LogP contribution in [0.25, 0.3) is 0 Å². The molecule has 0 unspecified atom stereocenters. The lowest BCUT2D eigenvalue weighted by atomic mass is 9.95. The molecule has 1 atom stereocenters. The van der Waals surface area contributed by atoms with Crippen molar-refractivity contribution in [3.05, 3.63) is 47.0 Å². The van der Waals surface area contributed by atoms with Gasteiger partial charge in [0.2, 0.25) is 15.0 Å². The first-order chi connectivity index (χ1) is 11.8. The van der Waals surface area contributed by atoms with E-state index in [0.717, 1.165) is 37.1 Å². The molecule has 1 aliphatic carbocycles. The second-order valence-corrected chi connectivity index (χ2v) is 9.10. The molecule has 3 rings (SSSR count). The van der Waals surface area contributed by atoms with Crippen molar-refractivity contribution in [3.63, 3.8) is 0 Å². The van der Waals surface area contributed by atoms with Crippen LogP contribution in [0, 0.1) is 19.7 Å². The van der Waals surface area contributed by atoms with Crippen LogP contribution in [0.3, 0.4) is 0 Å². The van der Waals surface area contributed by atoms with E-state index in [1.165, 1.54) is 25.5 Å². The third-order valence-corrected chi connectivity index (χ3v) is 7.34. The lowest BCUT2D eigenvalue weighted by Crippen LogP contribution is -2.22. The summed E-state index contributed by atoms with van der Waals surface area (Å²) in [6, 6.07) is 6.22. The average molecular weight is 364 g/mol. The fourth-order valence-electron chi connectivity index (χ4n) is 3.70. The zero-order valence-electron chi connectivity index (χ0n) is 15.0. The van der Waals surface area contributed by atoms with E-state index in [2.05, 4.69) is 4.98 Å². The van der Waals surface area contributed by atoms with Gasteiger partial charge in [0, 0.05) is 17.3 Å². The molecule has 1 heterocycles. The van der Waals surface area contributed by atoms with Gasteiger partial charge in [-0.2, -0.15) is 0 Å². The maximum Gasteiger partial charge on any atom is 0.228 e. The van der Waals surface area contributed by atoms with Crippen molar-refractivity contribution < 1.29 is 12.8 Å². The molecule has 1 aliphatic rings. The van der Waals surface area contributed by atoms with Gasteiger partial charge in [0.25, 0.3) is 0 Å². The van der Waals surface area contributed by atoms with Gasteiger partial charge in [0.1, 0.15) is 5.82 Å². The predicted molar refractivity (Wildman–Crippen MR) is 95.8 cm³/mol. The molecule has 6 heteroatoms. The van der Waals surface area contributed by atoms with Crippen LogP contribution < -0.4 is 0 Å². The fraction of sp³-hybridized carbons (Fsp3) is 0.526. The van der Waals surface area contributed by atoms with Gasteiger partial charge in [-0.15, -0.1) is 0 Å². The van der Waals surface area contributed by atoms with E-state index in [9.17, 15) is 12.8 Å². The maximum absolute atomic E-state index is 14.1. The molecule has 0 saturated heterocycles. The number of benzene rings is 1. The highest BCUT2D eigenvalue weighted by Gasteiger charge is 2.34. The van der Waals surface area contributed by atoms with Crippen LogP contribution in [-0.4, -0.2) is 18.0 Å². The lowest BCUT2D eigenvalue weighted by Gasteiger charge is -2.26. The van der Waals surface area contributed by atoms with Gasteiger partial charge >= 0.3 is 0 Å². The van der Waals surface area contributed by atoms with E-state index in [-0.39, 0.29) is 16.8 Å². The first-order valence-corrected chi connectivity index (χ1v) is 10.4. The van der Waals surface area contributed by atoms with Gasteiger partial charge in [-0.25, -0.2) is 17.8 Å². The van der Waals surface area contributed by atoms with Crippen LogP contribution in [0.15, 0.2) is 29.4 Å². The van der Waals surface area contributed by atoms with E-state index in [1.54, 1.807) is 12.1 Å². The van der Waals surface area contributed by atoms with Crippen molar-refractivity contribution in [2.45, 2.75) is 69.3 Å². The van der Waals surface area contributed by atoms with Crippen LogP contribution in [0.4, 0.5) is 4.39 Å². The van der Waals surface area contributed by atoms with Gasteiger partial charge < -0.3 is 4.57 Å². The van der Waals surface area contributed by atoms with Crippen molar-refractivity contribution >= 4 is 9.84 Å². The molecule has 0 bridgehead atoms. The number of sulfone groups is 1. The molecule has 0 amide bonds. The Kier molecular flexibility index (Phi) is 5.00. The Labute approximate surface area is 149 Å². The maximum atomic E-state index is 14.1. The minimum atomic E-state index is -3.78. The zero-order valence-corrected chi connectivity index (χ0v) is 15.8. The van der Waals surface area contributed by atoms with Crippen molar-refractivity contribution in [1.82, 2.24) is 9.55 Å². The van der Waals surface area contributed by atoms with Crippen LogP contribution in [0.2, 0.25) is 0 Å². The Morgan fingerprint density at radius 2 is 1.80 bits per heavy atom. The van der Waals surface area contributed by atoms with Gasteiger partial charge in [0.05, 0.1) is 10.9 Å². The Morgan fingerprint density at radius 3 is 2.44 bits per heavy atom. The fourth-order valence-corrected chi connectivity index (χ4v) is 5.36. The summed E-state index contributed by atoms with van der Waals surface area (Å²) in [5.41, 5.74) is 1.81. The second kappa shape index (κ2) is 6.90. The Bertz CT molecular complexity index is 868. The third-order valence-electron chi connectivity index (χ3n) is 5.36. The van der Waals surface area contributed by atoms with E-state index >= 15 is 0 Å². The molecular weight excluding hydrogens is 339 g/mol. The number of aryl methyl sites for hydroxylation is 1. The number of hydrogen-bond donors (Lipinski definition) is 0. The summed E-state index contributed by atoms with van der Waals surface area (Å²) in [5, 5.41) is -0.887. The number of imidazole rings is 1. The zero-order chi connectivity index (χ0) is 18.2. The quantitative estimate of drug-likeness (QED) is 0.791. The largest absolute Gasteiger partial charge is 0.316 e. The second-order valence-electron chi connectivity index (χ2n) is 6.94. The molecule has 1 fully saturated rings. The van der Waals surface area contributed by atoms with E-state index in [0.29, 0.717) is 0 Å². The van der Waals surface area contributed by atoms with Crippen LogP contribution in [-0.2, 0) is 9.84 Å². The molecular formula is C19H25FN2O2S. The highest BCUT2D eigenvalue weighted by molar-refractivity contribution is 7.91. The van der Waals surface area contributed by atoms with Crippen LogP contribution >= 0.6 is 0 Å². The molecule has 2 aromatic rings. The molecule has 1 aromatic carbocycles. The summed E-state index contributed by atoms with van der Waals surface area (Å²) in [7, 11) is -3.78. The summed E-state index contributed by atoms with van der Waals surface area (Å²) in [5.74, 6) is -0.497. The highest BCUT2D eigenvalue weighted by Crippen LogP contribution is 2.36. The number of aromatic nitrogens is 2. The third kappa shape index (κ3) is 3.24. The van der Waals surface area contributed by atoms with Gasteiger partial charge in [-0.05, 0) is 39.7 Å². The average Bonchev–Trinajstić information content (AvgIpc) is 2.91. The summed E-state index contributed by atoms with van der Waals surface area (Å²) < 4.78 is 42.6. The number of rotatable bonds is 4. The molecule has 136 valence electrons. The Balaban J connectivity index is 2.08. The monoisotopic (exact) mass is 364 g/mol. The predicted octanol–water partition coefficient (Wildman–Crippen LogP) is 4.68. The lowest BCUT2D eigenvalue weighted by molar-refractivity contribution is 0.329. The van der Waals surface area contributed by atoms with Crippen molar-refractivity contribution in [3.8, 4) is 0 Å². The molecule has 1 aromatic heterocycles. The van der Waals surface area contributed by atoms with E-state index in [1.807, 2.05) is 18.4 Å². The van der Waals surface area contributed by atoms with Crippen LogP contribution in [0.5, 0.6) is 0 Å². The first-order valence-electron chi connectivity index (χ1n) is 8.87. The highest BCUT2D eigenvalue weighted by atomic mass is 32.2. The first kappa shape index (κ1) is 18.1. The SMILES string of the molecule is Cc1nc(S(=O)(=O)[C@H](C)c2ccccc2F)n(C2CCCCC2)c1C. The summed E-state index contributed by atoms with van der Waals surface area (Å²) >= 11 is 0. The van der Waals surface area contributed by atoms with Crippen LogP contribution in [0.1, 0.15) is 67.3 Å². The molecule has 0 radical (unpaired) electrons. The van der Waals surface area contributed by atoms with Gasteiger partial charge in [-0.3, -0.25) is 0 Å². The van der Waals surface area contributed by atoms with Crippen molar-refractivity contribution in [2.75, 3.05) is 0 Å². The topological polar surface area (TPSA) is 52.0 Å².